The number of likely N-dealkylation sites (N-methyl/N-ethyl adjacent to an activating group) is 1. The Bertz CT molecular complexity index is 860. The standard InChI is InChI=1S/C28H43FN2O4.3C2H6/c1-8-21(25(29)9-2)20-33-17-10-18-34-23-13-11-22(12-14-23)24-15-16-31(19-26(24)30(6)7)27(32)35-28(3,4)5;3*1-2/h8-9,11-14,24,26H,10,15-20H2,1-7H3;3*1-2H3/b21-8-,25-9+;;;. The Hall–Kier alpha value is -2.38. The number of carbonyl (C=O) groups excluding carboxylic acids is 1. The van der Waals surface area contributed by atoms with Gasteiger partial charge in [0.1, 0.15) is 17.2 Å². The normalized spacial score (nSPS) is 17.3. The highest BCUT2D eigenvalue weighted by atomic mass is 19.1. The van der Waals surface area contributed by atoms with E-state index in [0.717, 1.165) is 18.6 Å². The predicted octanol–water partition coefficient (Wildman–Crippen LogP) is 9.02. The number of carbonyl (C=O) groups is 1. The fraction of sp³-hybridized carbons (Fsp3) is 0.676. The SMILES string of the molecule is C/C=C(COCCCOc1ccc(C2CCN(C(=O)OC(C)(C)C)CC2N(C)C)cc1)\C(F)=C/C.CC.CC.CC. The molecule has 1 saturated heterocycles. The Morgan fingerprint density at radius 2 is 1.59 bits per heavy atom. The molecule has 7 heteroatoms. The Balaban J connectivity index is 0. The Morgan fingerprint density at radius 3 is 2.07 bits per heavy atom. The van der Waals surface area contributed by atoms with Crippen LogP contribution >= 0.6 is 0 Å². The maximum absolute atomic E-state index is 13.6. The monoisotopic (exact) mass is 580 g/mol. The smallest absolute Gasteiger partial charge is 0.410 e. The van der Waals surface area contributed by atoms with Crippen LogP contribution in [-0.4, -0.2) is 74.5 Å². The summed E-state index contributed by atoms with van der Waals surface area (Å²) in [6.45, 7) is 23.8. The summed E-state index contributed by atoms with van der Waals surface area (Å²) in [5, 5.41) is 0. The van der Waals surface area contributed by atoms with Crippen molar-refractivity contribution in [1.29, 1.82) is 0 Å². The zero-order valence-electron chi connectivity index (χ0n) is 28.5. The predicted molar refractivity (Wildman–Crippen MR) is 173 cm³/mol. The van der Waals surface area contributed by atoms with E-state index in [1.165, 1.54) is 11.6 Å². The second-order valence-electron chi connectivity index (χ2n) is 10.1. The fourth-order valence-electron chi connectivity index (χ4n) is 4.16. The number of likely N-dealkylation sites (tertiary alicyclic amines) is 1. The number of halogens is 1. The first-order chi connectivity index (χ1) is 19.6. The van der Waals surface area contributed by atoms with Crippen molar-refractivity contribution in [2.24, 2.45) is 0 Å². The number of benzene rings is 1. The summed E-state index contributed by atoms with van der Waals surface area (Å²) in [5.74, 6) is 0.899. The second kappa shape index (κ2) is 23.2. The number of hydrogen-bond donors (Lipinski definition) is 0. The van der Waals surface area contributed by atoms with Crippen molar-refractivity contribution in [2.45, 2.75) is 107 Å². The van der Waals surface area contributed by atoms with Gasteiger partial charge < -0.3 is 24.0 Å². The van der Waals surface area contributed by atoms with Crippen molar-refractivity contribution >= 4 is 6.09 Å². The first kappa shape index (κ1) is 40.8. The van der Waals surface area contributed by atoms with Crippen LogP contribution in [0, 0.1) is 0 Å². The van der Waals surface area contributed by atoms with Crippen LogP contribution in [0.25, 0.3) is 0 Å². The fourth-order valence-corrected chi connectivity index (χ4v) is 4.16. The molecule has 1 aromatic carbocycles. The molecule has 0 aliphatic carbocycles. The van der Waals surface area contributed by atoms with E-state index in [0.29, 0.717) is 37.8 Å². The van der Waals surface area contributed by atoms with E-state index < -0.39 is 5.60 Å². The molecule has 1 amide bonds. The maximum Gasteiger partial charge on any atom is 0.410 e. The van der Waals surface area contributed by atoms with Gasteiger partial charge in [-0.25, -0.2) is 9.18 Å². The van der Waals surface area contributed by atoms with Crippen molar-refractivity contribution in [2.75, 3.05) is 47.0 Å². The highest BCUT2D eigenvalue weighted by Gasteiger charge is 2.35. The molecule has 1 aliphatic rings. The molecule has 2 atom stereocenters. The molecule has 0 spiro atoms. The third-order valence-corrected chi connectivity index (χ3v) is 6.07. The Kier molecular flexibility index (Phi) is 23.1. The Morgan fingerprint density at radius 1 is 1.00 bits per heavy atom. The number of ether oxygens (including phenoxy) is 3. The summed E-state index contributed by atoms with van der Waals surface area (Å²) < 4.78 is 30.6. The average molecular weight is 581 g/mol. The zero-order valence-corrected chi connectivity index (χ0v) is 28.5. The third-order valence-electron chi connectivity index (χ3n) is 6.07. The lowest BCUT2D eigenvalue weighted by Gasteiger charge is -2.42. The largest absolute Gasteiger partial charge is 0.494 e. The lowest BCUT2D eigenvalue weighted by molar-refractivity contribution is 0.0114. The summed E-state index contributed by atoms with van der Waals surface area (Å²) in [6, 6.07) is 8.45. The first-order valence-corrected chi connectivity index (χ1v) is 15.5. The second-order valence-corrected chi connectivity index (χ2v) is 10.1. The van der Waals surface area contributed by atoms with Gasteiger partial charge in [-0.1, -0.05) is 65.8 Å². The van der Waals surface area contributed by atoms with Gasteiger partial charge >= 0.3 is 6.09 Å². The Labute approximate surface area is 251 Å². The van der Waals surface area contributed by atoms with Gasteiger partial charge in [0, 0.05) is 37.0 Å². The molecular formula is C34H61FN2O4. The summed E-state index contributed by atoms with van der Waals surface area (Å²) >= 11 is 0. The zero-order chi connectivity index (χ0) is 32.0. The van der Waals surface area contributed by atoms with Crippen LogP contribution in [-0.2, 0) is 9.47 Å². The van der Waals surface area contributed by atoms with Crippen LogP contribution in [0.15, 0.2) is 47.8 Å². The average Bonchev–Trinajstić information content (AvgIpc) is 2.98. The van der Waals surface area contributed by atoms with Gasteiger partial charge in [-0.05, 0) is 72.8 Å². The van der Waals surface area contributed by atoms with Crippen molar-refractivity contribution in [3.8, 4) is 5.75 Å². The van der Waals surface area contributed by atoms with Crippen molar-refractivity contribution in [3.05, 3.63) is 53.4 Å². The minimum Gasteiger partial charge on any atom is -0.494 e. The molecule has 1 aromatic rings. The molecule has 0 bridgehead atoms. The van der Waals surface area contributed by atoms with E-state index in [4.69, 9.17) is 14.2 Å². The van der Waals surface area contributed by atoms with Crippen molar-refractivity contribution < 1.29 is 23.4 Å². The van der Waals surface area contributed by atoms with Gasteiger partial charge in [-0.15, -0.1) is 0 Å². The van der Waals surface area contributed by atoms with E-state index in [-0.39, 0.29) is 24.6 Å². The van der Waals surface area contributed by atoms with Crippen LogP contribution in [0.3, 0.4) is 0 Å². The summed E-state index contributed by atoms with van der Waals surface area (Å²) in [6.07, 6.45) is 4.53. The van der Waals surface area contributed by atoms with Crippen LogP contribution < -0.4 is 4.74 Å². The van der Waals surface area contributed by atoms with E-state index in [1.54, 1.807) is 19.9 Å². The van der Waals surface area contributed by atoms with Crippen LogP contribution in [0.2, 0.25) is 0 Å². The number of rotatable bonds is 10. The molecule has 2 unspecified atom stereocenters. The van der Waals surface area contributed by atoms with Crippen LogP contribution in [0.4, 0.5) is 9.18 Å². The van der Waals surface area contributed by atoms with Crippen LogP contribution in [0.5, 0.6) is 5.75 Å². The molecular weight excluding hydrogens is 519 g/mol. The molecule has 238 valence electrons. The van der Waals surface area contributed by atoms with E-state index in [9.17, 15) is 9.18 Å². The van der Waals surface area contributed by atoms with E-state index in [2.05, 4.69) is 31.1 Å². The first-order valence-electron chi connectivity index (χ1n) is 15.5. The van der Waals surface area contributed by atoms with Crippen LogP contribution in [0.1, 0.15) is 100 Å². The summed E-state index contributed by atoms with van der Waals surface area (Å²) in [4.78, 5) is 16.6. The molecule has 6 nitrogen and oxygen atoms in total. The molecule has 41 heavy (non-hydrogen) atoms. The molecule has 0 radical (unpaired) electrons. The van der Waals surface area contributed by atoms with Crippen molar-refractivity contribution in [1.82, 2.24) is 9.80 Å². The summed E-state index contributed by atoms with van der Waals surface area (Å²) in [5.41, 5.74) is 1.31. The van der Waals surface area contributed by atoms with Gasteiger partial charge in [-0.3, -0.25) is 0 Å². The van der Waals surface area contributed by atoms with Gasteiger partial charge in [0.15, 0.2) is 0 Å². The molecule has 0 saturated carbocycles. The lowest BCUT2D eigenvalue weighted by Crippen LogP contribution is -2.52. The molecule has 1 aliphatic heterocycles. The lowest BCUT2D eigenvalue weighted by atomic mass is 9.84. The van der Waals surface area contributed by atoms with Gasteiger partial charge in [-0.2, -0.15) is 0 Å². The number of nitrogens with zero attached hydrogens (tertiary/aromatic N) is 2. The third kappa shape index (κ3) is 16.0. The number of amides is 1. The van der Waals surface area contributed by atoms with E-state index >= 15 is 0 Å². The molecule has 0 aromatic heterocycles. The number of piperidine rings is 1. The quantitative estimate of drug-likeness (QED) is 0.204. The molecule has 0 N–H and O–H groups in total. The van der Waals surface area contributed by atoms with Crippen molar-refractivity contribution in [3.63, 3.8) is 0 Å². The molecule has 1 fully saturated rings. The molecule has 1 heterocycles. The van der Waals surface area contributed by atoms with Gasteiger partial charge in [0.05, 0.1) is 19.8 Å². The molecule has 2 rings (SSSR count). The highest BCUT2D eigenvalue weighted by molar-refractivity contribution is 5.68. The maximum atomic E-state index is 13.6. The number of hydrogen-bond acceptors (Lipinski definition) is 5. The summed E-state index contributed by atoms with van der Waals surface area (Å²) in [7, 11) is 4.12. The topological polar surface area (TPSA) is 51.2 Å². The highest BCUT2D eigenvalue weighted by Crippen LogP contribution is 2.32. The van der Waals surface area contributed by atoms with E-state index in [1.807, 2.05) is 79.3 Å². The minimum absolute atomic E-state index is 0.203. The minimum atomic E-state index is -0.497. The van der Waals surface area contributed by atoms with Gasteiger partial charge in [0.25, 0.3) is 0 Å². The van der Waals surface area contributed by atoms with Gasteiger partial charge in [0.2, 0.25) is 0 Å². The number of allylic oxidation sites excluding steroid dienone is 2.